The molecule has 1 heterocycles. The Morgan fingerprint density at radius 1 is 0.967 bits per heavy atom. The number of Topliss-reactive ketones (excluding diaryl/α,β-unsaturated/α-hetero) is 1. The minimum absolute atomic E-state index is 0. The van der Waals surface area contributed by atoms with Gasteiger partial charge in [0, 0.05) is 57.7 Å². The van der Waals surface area contributed by atoms with Gasteiger partial charge in [0.1, 0.15) is 6.23 Å². The van der Waals surface area contributed by atoms with Crippen LogP contribution in [-0.4, -0.2) is 61.1 Å². The molecule has 1 atom stereocenters. The van der Waals surface area contributed by atoms with E-state index in [1.807, 2.05) is 31.2 Å². The summed E-state index contributed by atoms with van der Waals surface area (Å²) in [6.07, 6.45) is 1.63. The minimum atomic E-state index is 0. The van der Waals surface area contributed by atoms with Crippen LogP contribution < -0.4 is 0 Å². The second kappa shape index (κ2) is 13.8. The number of hydrogen-bond acceptors (Lipinski definition) is 4. The van der Waals surface area contributed by atoms with Gasteiger partial charge < -0.3 is 9.64 Å². The molecule has 0 spiro atoms. The maximum atomic E-state index is 12.4. The van der Waals surface area contributed by atoms with E-state index in [9.17, 15) is 4.79 Å². The number of ether oxygens (including phenoxy) is 1. The Kier molecular flexibility index (Phi) is 12.2. The molecule has 0 bridgehead atoms. The zero-order valence-electron chi connectivity index (χ0n) is 18.0. The number of carbonyl (C=O) groups is 1. The lowest BCUT2D eigenvalue weighted by Gasteiger charge is -2.39. The van der Waals surface area contributed by atoms with Crippen molar-refractivity contribution in [1.82, 2.24) is 9.80 Å². The summed E-state index contributed by atoms with van der Waals surface area (Å²) in [4.78, 5) is 17.2. The van der Waals surface area contributed by atoms with Crippen LogP contribution in [0.2, 0.25) is 0 Å². The third-order valence-electron chi connectivity index (χ3n) is 5.45. The van der Waals surface area contributed by atoms with Gasteiger partial charge in [-0.2, -0.15) is 0 Å². The smallest absolute Gasteiger partial charge is 0.164 e. The van der Waals surface area contributed by atoms with Crippen molar-refractivity contribution in [2.24, 2.45) is 0 Å². The van der Waals surface area contributed by atoms with Gasteiger partial charge in [0.2, 0.25) is 0 Å². The summed E-state index contributed by atoms with van der Waals surface area (Å²) in [5, 5.41) is 0. The number of aryl methyl sites for hydroxylation is 1. The number of halogens is 2. The fourth-order valence-electron chi connectivity index (χ4n) is 3.72. The highest BCUT2D eigenvalue weighted by Gasteiger charge is 2.24. The lowest BCUT2D eigenvalue weighted by atomic mass is 10.1. The topological polar surface area (TPSA) is 32.8 Å². The summed E-state index contributed by atoms with van der Waals surface area (Å²) in [7, 11) is 0. The number of benzene rings is 2. The molecule has 0 aliphatic carbocycles. The van der Waals surface area contributed by atoms with Crippen LogP contribution in [0.3, 0.4) is 0 Å². The first kappa shape index (κ1) is 26.6. The minimum Gasteiger partial charge on any atom is -0.363 e. The van der Waals surface area contributed by atoms with Crippen LogP contribution >= 0.6 is 24.8 Å². The first-order chi connectivity index (χ1) is 13.7. The van der Waals surface area contributed by atoms with Crippen LogP contribution in [-0.2, 0) is 11.2 Å². The molecule has 0 aromatic heterocycles. The highest BCUT2D eigenvalue weighted by Crippen LogP contribution is 2.14. The van der Waals surface area contributed by atoms with E-state index in [-0.39, 0.29) is 36.8 Å². The van der Waals surface area contributed by atoms with Crippen molar-refractivity contribution < 1.29 is 9.53 Å². The normalized spacial score (nSPS) is 15.7. The Morgan fingerprint density at radius 2 is 1.60 bits per heavy atom. The summed E-state index contributed by atoms with van der Waals surface area (Å²) >= 11 is 0. The number of rotatable bonds is 9. The number of nitrogens with zero attached hydrogens (tertiary/aromatic N) is 2. The zero-order valence-corrected chi connectivity index (χ0v) is 19.6. The average Bonchev–Trinajstić information content (AvgIpc) is 2.73. The number of hydrogen-bond donors (Lipinski definition) is 0. The van der Waals surface area contributed by atoms with Crippen LogP contribution in [0.4, 0.5) is 0 Å². The summed E-state index contributed by atoms with van der Waals surface area (Å²) in [6, 6.07) is 18.4. The Bertz CT molecular complexity index is 733. The summed E-state index contributed by atoms with van der Waals surface area (Å²) in [5.41, 5.74) is 3.32. The third-order valence-corrected chi connectivity index (χ3v) is 5.45. The molecule has 1 fully saturated rings. The lowest BCUT2D eigenvalue weighted by molar-refractivity contribution is -0.0711. The molecular weight excluding hydrogens is 419 g/mol. The van der Waals surface area contributed by atoms with E-state index >= 15 is 0 Å². The first-order valence-corrected chi connectivity index (χ1v) is 10.4. The van der Waals surface area contributed by atoms with Crippen molar-refractivity contribution in [3.05, 3.63) is 71.3 Å². The van der Waals surface area contributed by atoms with Gasteiger partial charge in [0.05, 0.1) is 0 Å². The largest absolute Gasteiger partial charge is 0.363 e. The molecule has 6 heteroatoms. The van der Waals surface area contributed by atoms with Gasteiger partial charge in [0.25, 0.3) is 0 Å². The monoisotopic (exact) mass is 452 g/mol. The van der Waals surface area contributed by atoms with E-state index < -0.39 is 0 Å². The molecule has 30 heavy (non-hydrogen) atoms. The van der Waals surface area contributed by atoms with Gasteiger partial charge in [-0.05, 0) is 19.4 Å². The highest BCUT2D eigenvalue weighted by atomic mass is 35.5. The number of ketones is 1. The van der Waals surface area contributed by atoms with E-state index in [4.69, 9.17) is 4.74 Å². The molecule has 0 N–H and O–H groups in total. The maximum Gasteiger partial charge on any atom is 0.164 e. The molecule has 1 aliphatic heterocycles. The van der Waals surface area contributed by atoms with Gasteiger partial charge >= 0.3 is 0 Å². The molecule has 166 valence electrons. The SMILES string of the molecule is CCOC(Cc1ccccc1)N1CCN(CCC(=O)c2ccc(C)cc2)CC1.Cl.Cl. The van der Waals surface area contributed by atoms with Crippen LogP contribution in [0.15, 0.2) is 54.6 Å². The third kappa shape index (κ3) is 8.01. The van der Waals surface area contributed by atoms with E-state index in [2.05, 4.69) is 47.1 Å². The van der Waals surface area contributed by atoms with Gasteiger partial charge in [-0.3, -0.25) is 9.69 Å². The fraction of sp³-hybridized carbons (Fsp3) is 0.458. The van der Waals surface area contributed by atoms with Gasteiger partial charge in [0.15, 0.2) is 5.78 Å². The molecule has 2 aromatic carbocycles. The van der Waals surface area contributed by atoms with Crippen molar-refractivity contribution in [3.63, 3.8) is 0 Å². The Morgan fingerprint density at radius 3 is 2.20 bits per heavy atom. The molecule has 0 radical (unpaired) electrons. The second-order valence-electron chi connectivity index (χ2n) is 7.52. The molecular formula is C24H34Cl2N2O2. The molecule has 1 unspecified atom stereocenters. The number of carbonyl (C=O) groups excluding carboxylic acids is 1. The van der Waals surface area contributed by atoms with E-state index in [0.717, 1.165) is 51.3 Å². The Balaban J connectivity index is 0.00000225. The van der Waals surface area contributed by atoms with Crippen molar-refractivity contribution in [2.75, 3.05) is 39.3 Å². The van der Waals surface area contributed by atoms with E-state index in [1.165, 1.54) is 11.1 Å². The summed E-state index contributed by atoms with van der Waals surface area (Å²) < 4.78 is 6.04. The standard InChI is InChI=1S/C24H32N2O2.2ClH/c1-3-28-24(19-21-7-5-4-6-8-21)26-17-15-25(16-18-26)14-13-23(27)22-11-9-20(2)10-12-22;;/h4-12,24H,3,13-19H2,1-2H3;2*1H. The molecule has 1 saturated heterocycles. The molecule has 3 rings (SSSR count). The summed E-state index contributed by atoms with van der Waals surface area (Å²) in [6.45, 7) is 9.60. The zero-order chi connectivity index (χ0) is 19.8. The Labute approximate surface area is 193 Å². The number of piperazine rings is 1. The van der Waals surface area contributed by atoms with Crippen molar-refractivity contribution in [1.29, 1.82) is 0 Å². The van der Waals surface area contributed by atoms with Crippen LogP contribution in [0.25, 0.3) is 0 Å². The van der Waals surface area contributed by atoms with Crippen molar-refractivity contribution in [3.8, 4) is 0 Å². The van der Waals surface area contributed by atoms with Crippen molar-refractivity contribution >= 4 is 30.6 Å². The molecule has 1 aliphatic rings. The van der Waals surface area contributed by atoms with Crippen LogP contribution in [0.5, 0.6) is 0 Å². The lowest BCUT2D eigenvalue weighted by Crippen LogP contribution is -2.52. The molecule has 0 amide bonds. The quantitative estimate of drug-likeness (QED) is 0.519. The fourth-order valence-corrected chi connectivity index (χ4v) is 3.72. The first-order valence-electron chi connectivity index (χ1n) is 10.4. The highest BCUT2D eigenvalue weighted by molar-refractivity contribution is 5.96. The van der Waals surface area contributed by atoms with E-state index in [0.29, 0.717) is 6.42 Å². The predicted octanol–water partition coefficient (Wildman–Crippen LogP) is 4.63. The van der Waals surface area contributed by atoms with E-state index in [1.54, 1.807) is 0 Å². The Hall–Kier alpha value is -1.43. The van der Waals surface area contributed by atoms with Gasteiger partial charge in [-0.25, -0.2) is 0 Å². The maximum absolute atomic E-state index is 12.4. The van der Waals surface area contributed by atoms with Crippen LogP contribution in [0, 0.1) is 6.92 Å². The second-order valence-corrected chi connectivity index (χ2v) is 7.52. The van der Waals surface area contributed by atoms with Crippen molar-refractivity contribution in [2.45, 2.75) is 32.9 Å². The van der Waals surface area contributed by atoms with Gasteiger partial charge in [-0.1, -0.05) is 60.2 Å². The van der Waals surface area contributed by atoms with Gasteiger partial charge in [-0.15, -0.1) is 24.8 Å². The molecule has 0 saturated carbocycles. The predicted molar refractivity (Wildman–Crippen MR) is 128 cm³/mol. The average molecular weight is 453 g/mol. The summed E-state index contributed by atoms with van der Waals surface area (Å²) in [5.74, 6) is 0.235. The molecule has 2 aromatic rings. The molecule has 4 nitrogen and oxygen atoms in total. The van der Waals surface area contributed by atoms with Crippen LogP contribution in [0.1, 0.15) is 34.8 Å².